The molecular weight excluding hydrogens is 320 g/mol. The molecule has 0 radical (unpaired) electrons. The predicted molar refractivity (Wildman–Crippen MR) is 87.7 cm³/mol. The van der Waals surface area contributed by atoms with Crippen molar-refractivity contribution >= 4 is 23.0 Å². The molecule has 0 saturated heterocycles. The quantitative estimate of drug-likeness (QED) is 0.245. The fraction of sp³-hybridized carbons (Fsp3) is 0.500. The first kappa shape index (κ1) is 19.5. The smallest absolute Gasteiger partial charge is 0.298 e. The molecule has 0 heterocycles. The minimum atomic E-state index is -0.715. The highest BCUT2D eigenvalue weighted by molar-refractivity contribution is 5.83. The number of benzene rings is 1. The molecule has 0 aliphatic rings. The predicted octanol–water partition coefficient (Wildman–Crippen LogP) is 0.850. The van der Waals surface area contributed by atoms with Crippen molar-refractivity contribution in [1.29, 1.82) is 0 Å². The number of nitrogens with two attached hydrogens (primary N) is 2. The van der Waals surface area contributed by atoms with Crippen LogP contribution >= 0.6 is 0 Å². The maximum absolute atomic E-state index is 11.1. The van der Waals surface area contributed by atoms with Crippen LogP contribution in [0.3, 0.4) is 0 Å². The lowest BCUT2D eigenvalue weighted by molar-refractivity contribution is -0.383. The molecule has 0 spiro atoms. The zero-order valence-corrected chi connectivity index (χ0v) is 13.8. The molecule has 10 nitrogen and oxygen atoms in total. The van der Waals surface area contributed by atoms with Crippen LogP contribution < -0.4 is 21.5 Å². The Bertz CT molecular complexity index is 591. The van der Waals surface area contributed by atoms with Gasteiger partial charge in [-0.3, -0.25) is 14.9 Å². The van der Waals surface area contributed by atoms with Crippen LogP contribution in [0.25, 0.3) is 0 Å². The number of anilines is 2. The SMILES string of the molecule is COC(CCOc1cc(N[C@@H](C)C(N)=O)cc([N+](=O)[O-])c1N)OC. The van der Waals surface area contributed by atoms with E-state index in [1.165, 1.54) is 33.3 Å². The molecule has 5 N–H and O–H groups in total. The standard InChI is InChI=1S/C14H22N4O6/c1-8(14(16)19)17-9-6-10(18(20)21)13(15)11(7-9)24-5-4-12(22-2)23-3/h6-8,12,17H,4-5,15H2,1-3H3,(H2,16,19)/t8-/m0/s1. The molecule has 1 amide bonds. The first-order valence-corrected chi connectivity index (χ1v) is 7.12. The number of methoxy groups -OCH3 is 2. The van der Waals surface area contributed by atoms with Crippen LogP contribution in [0, 0.1) is 10.1 Å². The molecule has 0 bridgehead atoms. The van der Waals surface area contributed by atoms with Crippen LogP contribution in [0.1, 0.15) is 13.3 Å². The van der Waals surface area contributed by atoms with Crippen molar-refractivity contribution in [2.45, 2.75) is 25.7 Å². The molecule has 0 unspecified atom stereocenters. The number of nitrogen functional groups attached to an aromatic ring is 1. The number of hydrogen-bond donors (Lipinski definition) is 3. The molecule has 0 saturated carbocycles. The van der Waals surface area contributed by atoms with Crippen LogP contribution in [0.4, 0.5) is 17.1 Å². The van der Waals surface area contributed by atoms with Crippen LogP contribution in [0.15, 0.2) is 12.1 Å². The summed E-state index contributed by atoms with van der Waals surface area (Å²) < 4.78 is 15.6. The third kappa shape index (κ3) is 5.25. The average Bonchev–Trinajstić information content (AvgIpc) is 2.53. The van der Waals surface area contributed by atoms with Gasteiger partial charge in [0.25, 0.3) is 5.69 Å². The average molecular weight is 342 g/mol. The van der Waals surface area contributed by atoms with Gasteiger partial charge in [0.1, 0.15) is 6.04 Å². The van der Waals surface area contributed by atoms with Crippen LogP contribution in [-0.4, -0.2) is 44.0 Å². The van der Waals surface area contributed by atoms with Crippen molar-refractivity contribution in [2.75, 3.05) is 31.9 Å². The highest BCUT2D eigenvalue weighted by Gasteiger charge is 2.20. The lowest BCUT2D eigenvalue weighted by atomic mass is 10.2. The third-order valence-corrected chi connectivity index (χ3v) is 3.26. The number of rotatable bonds is 10. The van der Waals surface area contributed by atoms with E-state index in [4.69, 9.17) is 25.7 Å². The molecule has 0 aliphatic carbocycles. The zero-order chi connectivity index (χ0) is 18.3. The maximum atomic E-state index is 11.1. The molecule has 1 atom stereocenters. The van der Waals surface area contributed by atoms with E-state index in [0.717, 1.165) is 0 Å². The number of nitrogens with zero attached hydrogens (tertiary/aromatic N) is 1. The number of amides is 1. The summed E-state index contributed by atoms with van der Waals surface area (Å²) in [5.74, 6) is -0.477. The van der Waals surface area contributed by atoms with Gasteiger partial charge < -0.3 is 31.0 Å². The maximum Gasteiger partial charge on any atom is 0.298 e. The molecule has 1 aromatic carbocycles. The van der Waals surface area contributed by atoms with Crippen molar-refractivity contribution < 1.29 is 23.9 Å². The minimum absolute atomic E-state index is 0.108. The number of primary amides is 1. The van der Waals surface area contributed by atoms with E-state index in [0.29, 0.717) is 12.1 Å². The second-order valence-corrected chi connectivity index (χ2v) is 4.97. The Balaban J connectivity index is 2.98. The number of ether oxygens (including phenoxy) is 3. The van der Waals surface area contributed by atoms with Gasteiger partial charge >= 0.3 is 0 Å². The first-order chi connectivity index (χ1) is 11.3. The van der Waals surface area contributed by atoms with E-state index in [1.807, 2.05) is 0 Å². The molecular formula is C14H22N4O6. The third-order valence-electron chi connectivity index (χ3n) is 3.26. The second kappa shape index (κ2) is 8.89. The highest BCUT2D eigenvalue weighted by Crippen LogP contribution is 2.35. The van der Waals surface area contributed by atoms with Gasteiger partial charge in [0.2, 0.25) is 5.91 Å². The fourth-order valence-corrected chi connectivity index (χ4v) is 1.88. The van der Waals surface area contributed by atoms with Gasteiger partial charge in [0, 0.05) is 38.5 Å². The number of carbonyl (C=O) groups excluding carboxylic acids is 1. The Morgan fingerprint density at radius 3 is 2.50 bits per heavy atom. The number of nitro benzene ring substituents is 1. The van der Waals surface area contributed by atoms with Crippen LogP contribution in [0.5, 0.6) is 5.75 Å². The van der Waals surface area contributed by atoms with E-state index < -0.39 is 23.2 Å². The van der Waals surface area contributed by atoms with E-state index in [9.17, 15) is 14.9 Å². The van der Waals surface area contributed by atoms with Crippen molar-refractivity contribution in [2.24, 2.45) is 5.73 Å². The summed E-state index contributed by atoms with van der Waals surface area (Å²) in [4.78, 5) is 21.6. The Kier molecular flexibility index (Phi) is 7.21. The van der Waals surface area contributed by atoms with Crippen molar-refractivity contribution in [3.63, 3.8) is 0 Å². The molecule has 1 aromatic rings. The topological polar surface area (TPSA) is 152 Å². The summed E-state index contributed by atoms with van der Waals surface area (Å²) in [5.41, 5.74) is 10.8. The first-order valence-electron chi connectivity index (χ1n) is 7.12. The summed E-state index contributed by atoms with van der Waals surface area (Å²) in [7, 11) is 2.98. The summed E-state index contributed by atoms with van der Waals surface area (Å²) in [5, 5.41) is 13.9. The molecule has 1 rings (SSSR count). The van der Waals surface area contributed by atoms with Crippen molar-refractivity contribution in [3.8, 4) is 5.75 Å². The molecule has 10 heteroatoms. The number of nitro groups is 1. The summed E-state index contributed by atoms with van der Waals surface area (Å²) in [6.07, 6.45) is -0.0623. The Morgan fingerprint density at radius 1 is 1.38 bits per heavy atom. The molecule has 0 aromatic heterocycles. The van der Waals surface area contributed by atoms with Gasteiger partial charge in [-0.1, -0.05) is 0 Å². The number of carbonyl (C=O) groups is 1. The number of hydrogen-bond acceptors (Lipinski definition) is 8. The largest absolute Gasteiger partial charge is 0.491 e. The van der Waals surface area contributed by atoms with Gasteiger partial charge in [-0.2, -0.15) is 0 Å². The molecule has 24 heavy (non-hydrogen) atoms. The Labute approximate surface area is 139 Å². The Morgan fingerprint density at radius 2 is 2.00 bits per heavy atom. The van der Waals surface area contributed by atoms with Gasteiger partial charge in [-0.05, 0) is 6.92 Å². The monoisotopic (exact) mass is 342 g/mol. The van der Waals surface area contributed by atoms with Crippen LogP contribution in [0.2, 0.25) is 0 Å². The lowest BCUT2D eigenvalue weighted by Crippen LogP contribution is -2.32. The van der Waals surface area contributed by atoms with E-state index in [2.05, 4.69) is 5.32 Å². The van der Waals surface area contributed by atoms with Gasteiger partial charge in [-0.25, -0.2) is 0 Å². The fourth-order valence-electron chi connectivity index (χ4n) is 1.88. The van der Waals surface area contributed by atoms with Gasteiger partial charge in [0.15, 0.2) is 17.7 Å². The van der Waals surface area contributed by atoms with Crippen molar-refractivity contribution in [3.05, 3.63) is 22.2 Å². The Hall–Kier alpha value is -2.59. The van der Waals surface area contributed by atoms with E-state index in [1.54, 1.807) is 0 Å². The summed E-state index contributed by atoms with van der Waals surface area (Å²) >= 11 is 0. The second-order valence-electron chi connectivity index (χ2n) is 4.97. The van der Waals surface area contributed by atoms with Gasteiger partial charge in [-0.15, -0.1) is 0 Å². The van der Waals surface area contributed by atoms with Crippen molar-refractivity contribution in [1.82, 2.24) is 0 Å². The zero-order valence-electron chi connectivity index (χ0n) is 13.8. The molecule has 134 valence electrons. The van der Waals surface area contributed by atoms with E-state index in [-0.39, 0.29) is 23.7 Å². The summed E-state index contributed by atoms with van der Waals surface area (Å²) in [6.45, 7) is 1.70. The summed E-state index contributed by atoms with van der Waals surface area (Å²) in [6, 6.07) is 1.97. The molecule has 0 fully saturated rings. The van der Waals surface area contributed by atoms with E-state index >= 15 is 0 Å². The highest BCUT2D eigenvalue weighted by atomic mass is 16.7. The molecule has 0 aliphatic heterocycles. The lowest BCUT2D eigenvalue weighted by Gasteiger charge is -2.16. The van der Waals surface area contributed by atoms with Crippen LogP contribution in [-0.2, 0) is 14.3 Å². The number of nitrogens with one attached hydrogen (secondary N) is 1. The normalized spacial score (nSPS) is 12.0. The minimum Gasteiger partial charge on any atom is -0.491 e. The van der Waals surface area contributed by atoms with Gasteiger partial charge in [0.05, 0.1) is 11.5 Å².